The lowest BCUT2D eigenvalue weighted by atomic mass is 10.1. The van der Waals surface area contributed by atoms with Gasteiger partial charge >= 0.3 is 0 Å². The van der Waals surface area contributed by atoms with Gasteiger partial charge in [-0.25, -0.2) is 0 Å². The summed E-state index contributed by atoms with van der Waals surface area (Å²) < 4.78 is 0. The number of hydrogen-bond acceptors (Lipinski definition) is 1. The summed E-state index contributed by atoms with van der Waals surface area (Å²) in [6.07, 6.45) is 1.16. The maximum Gasteiger partial charge on any atom is 0.0514 e. The van der Waals surface area contributed by atoms with E-state index in [4.69, 9.17) is 0 Å². The third-order valence-electron chi connectivity index (χ3n) is 3.30. The standard InChI is InChI=1S/C17H21N/c1-3-14-18(17-12-8-5-9-13-17)15(2)16-10-6-4-7-11-16/h4-13,15H,3,14H2,1-2H3/t15-/m0/s1. The quantitative estimate of drug-likeness (QED) is 0.733. The maximum absolute atomic E-state index is 2.47. The fourth-order valence-corrected chi connectivity index (χ4v) is 2.32. The summed E-state index contributed by atoms with van der Waals surface area (Å²) in [6.45, 7) is 5.59. The first kappa shape index (κ1) is 12.7. The second kappa shape index (κ2) is 6.25. The van der Waals surface area contributed by atoms with Crippen LogP contribution in [0.25, 0.3) is 0 Å². The third-order valence-corrected chi connectivity index (χ3v) is 3.30. The molecule has 0 spiro atoms. The molecule has 2 rings (SSSR count). The van der Waals surface area contributed by atoms with E-state index in [2.05, 4.69) is 79.4 Å². The summed E-state index contributed by atoms with van der Waals surface area (Å²) >= 11 is 0. The summed E-state index contributed by atoms with van der Waals surface area (Å²) in [4.78, 5) is 2.47. The van der Waals surface area contributed by atoms with Crippen molar-refractivity contribution in [2.75, 3.05) is 11.4 Å². The van der Waals surface area contributed by atoms with E-state index in [-0.39, 0.29) is 0 Å². The van der Waals surface area contributed by atoms with Gasteiger partial charge in [0.05, 0.1) is 6.04 Å². The summed E-state index contributed by atoms with van der Waals surface area (Å²) in [5, 5.41) is 0. The first-order chi connectivity index (χ1) is 8.83. The van der Waals surface area contributed by atoms with Gasteiger partial charge in [-0.3, -0.25) is 0 Å². The molecular formula is C17H21N. The molecular weight excluding hydrogens is 218 g/mol. The van der Waals surface area contributed by atoms with Gasteiger partial charge in [-0.05, 0) is 31.0 Å². The Morgan fingerprint density at radius 3 is 2.00 bits per heavy atom. The second-order valence-electron chi connectivity index (χ2n) is 4.62. The van der Waals surface area contributed by atoms with Gasteiger partial charge < -0.3 is 4.90 Å². The molecule has 0 radical (unpaired) electrons. The van der Waals surface area contributed by atoms with Crippen molar-refractivity contribution in [2.45, 2.75) is 26.3 Å². The van der Waals surface area contributed by atoms with Crippen molar-refractivity contribution in [2.24, 2.45) is 0 Å². The summed E-state index contributed by atoms with van der Waals surface area (Å²) in [6, 6.07) is 21.8. The summed E-state index contributed by atoms with van der Waals surface area (Å²) in [7, 11) is 0. The Morgan fingerprint density at radius 1 is 0.889 bits per heavy atom. The number of hydrogen-bond donors (Lipinski definition) is 0. The van der Waals surface area contributed by atoms with Gasteiger partial charge in [-0.1, -0.05) is 55.5 Å². The van der Waals surface area contributed by atoms with Gasteiger partial charge in [0.1, 0.15) is 0 Å². The van der Waals surface area contributed by atoms with Crippen LogP contribution < -0.4 is 4.90 Å². The Labute approximate surface area is 110 Å². The van der Waals surface area contributed by atoms with Crippen LogP contribution in [-0.4, -0.2) is 6.54 Å². The smallest absolute Gasteiger partial charge is 0.0514 e. The van der Waals surface area contributed by atoms with Crippen molar-refractivity contribution in [3.05, 3.63) is 66.2 Å². The van der Waals surface area contributed by atoms with Crippen LogP contribution in [0.3, 0.4) is 0 Å². The first-order valence-corrected chi connectivity index (χ1v) is 6.69. The fraction of sp³-hybridized carbons (Fsp3) is 0.294. The molecule has 94 valence electrons. The molecule has 0 fully saturated rings. The van der Waals surface area contributed by atoms with Crippen LogP contribution >= 0.6 is 0 Å². The second-order valence-corrected chi connectivity index (χ2v) is 4.62. The van der Waals surface area contributed by atoms with Crippen molar-refractivity contribution in [3.8, 4) is 0 Å². The molecule has 0 saturated carbocycles. The molecule has 0 heterocycles. The Bertz CT molecular complexity index is 450. The van der Waals surface area contributed by atoms with Crippen LogP contribution in [0.15, 0.2) is 60.7 Å². The van der Waals surface area contributed by atoms with Gasteiger partial charge in [0.2, 0.25) is 0 Å². The maximum atomic E-state index is 2.47. The van der Waals surface area contributed by atoms with Crippen LogP contribution in [0.5, 0.6) is 0 Å². The predicted octanol–water partition coefficient (Wildman–Crippen LogP) is 4.66. The predicted molar refractivity (Wildman–Crippen MR) is 78.9 cm³/mol. The lowest BCUT2D eigenvalue weighted by Crippen LogP contribution is -2.27. The molecule has 0 aliphatic rings. The summed E-state index contributed by atoms with van der Waals surface area (Å²) in [5.41, 5.74) is 2.67. The van der Waals surface area contributed by atoms with Crippen molar-refractivity contribution in [1.82, 2.24) is 0 Å². The largest absolute Gasteiger partial charge is 0.365 e. The molecule has 1 atom stereocenters. The van der Waals surface area contributed by atoms with E-state index in [1.807, 2.05) is 0 Å². The first-order valence-electron chi connectivity index (χ1n) is 6.69. The molecule has 0 amide bonds. The van der Waals surface area contributed by atoms with E-state index >= 15 is 0 Å². The van der Waals surface area contributed by atoms with Crippen LogP contribution in [0.1, 0.15) is 31.9 Å². The van der Waals surface area contributed by atoms with E-state index in [0.717, 1.165) is 13.0 Å². The molecule has 0 aliphatic heterocycles. The molecule has 2 aromatic carbocycles. The van der Waals surface area contributed by atoms with Gasteiger partial charge in [0.25, 0.3) is 0 Å². The average molecular weight is 239 g/mol. The summed E-state index contributed by atoms with van der Waals surface area (Å²) in [5.74, 6) is 0. The molecule has 1 nitrogen and oxygen atoms in total. The minimum atomic E-state index is 0.411. The Hall–Kier alpha value is -1.76. The van der Waals surface area contributed by atoms with Crippen molar-refractivity contribution in [1.29, 1.82) is 0 Å². The van der Waals surface area contributed by atoms with Crippen molar-refractivity contribution < 1.29 is 0 Å². The molecule has 0 unspecified atom stereocenters. The van der Waals surface area contributed by atoms with E-state index in [0.29, 0.717) is 6.04 Å². The number of benzene rings is 2. The van der Waals surface area contributed by atoms with E-state index in [1.165, 1.54) is 11.3 Å². The zero-order chi connectivity index (χ0) is 12.8. The monoisotopic (exact) mass is 239 g/mol. The van der Waals surface area contributed by atoms with Crippen molar-refractivity contribution in [3.63, 3.8) is 0 Å². The van der Waals surface area contributed by atoms with Crippen LogP contribution in [0.4, 0.5) is 5.69 Å². The lowest BCUT2D eigenvalue weighted by Gasteiger charge is -2.31. The highest BCUT2D eigenvalue weighted by Gasteiger charge is 2.14. The van der Waals surface area contributed by atoms with Gasteiger partial charge in [-0.15, -0.1) is 0 Å². The normalized spacial score (nSPS) is 12.1. The van der Waals surface area contributed by atoms with Crippen LogP contribution in [-0.2, 0) is 0 Å². The molecule has 0 bridgehead atoms. The minimum absolute atomic E-state index is 0.411. The topological polar surface area (TPSA) is 3.24 Å². The van der Waals surface area contributed by atoms with E-state index in [9.17, 15) is 0 Å². The Balaban J connectivity index is 2.26. The zero-order valence-corrected chi connectivity index (χ0v) is 11.2. The molecule has 2 aromatic rings. The SMILES string of the molecule is CCCN(c1ccccc1)[C@@H](C)c1ccccc1. The lowest BCUT2D eigenvalue weighted by molar-refractivity contribution is 0.659. The highest BCUT2D eigenvalue weighted by molar-refractivity contribution is 5.48. The van der Waals surface area contributed by atoms with Gasteiger partial charge in [-0.2, -0.15) is 0 Å². The average Bonchev–Trinajstić information content (AvgIpc) is 2.46. The molecule has 0 saturated heterocycles. The van der Waals surface area contributed by atoms with Crippen molar-refractivity contribution >= 4 is 5.69 Å². The highest BCUT2D eigenvalue weighted by Crippen LogP contribution is 2.26. The van der Waals surface area contributed by atoms with Gasteiger partial charge in [0, 0.05) is 12.2 Å². The molecule has 18 heavy (non-hydrogen) atoms. The van der Waals surface area contributed by atoms with E-state index in [1.54, 1.807) is 0 Å². The Morgan fingerprint density at radius 2 is 1.44 bits per heavy atom. The zero-order valence-electron chi connectivity index (χ0n) is 11.2. The number of rotatable bonds is 5. The fourth-order valence-electron chi connectivity index (χ4n) is 2.32. The van der Waals surface area contributed by atoms with Crippen LogP contribution in [0, 0.1) is 0 Å². The number of anilines is 1. The third kappa shape index (κ3) is 2.92. The molecule has 1 heteroatoms. The number of nitrogens with zero attached hydrogens (tertiary/aromatic N) is 1. The Kier molecular flexibility index (Phi) is 4.40. The molecule has 0 aromatic heterocycles. The van der Waals surface area contributed by atoms with Gasteiger partial charge in [0.15, 0.2) is 0 Å². The van der Waals surface area contributed by atoms with E-state index < -0.39 is 0 Å². The van der Waals surface area contributed by atoms with Crippen LogP contribution in [0.2, 0.25) is 0 Å². The minimum Gasteiger partial charge on any atom is -0.365 e. The highest BCUT2D eigenvalue weighted by atomic mass is 15.2. The molecule has 0 N–H and O–H groups in total. The number of para-hydroxylation sites is 1. The molecule has 0 aliphatic carbocycles.